The third kappa shape index (κ3) is 4.45. The highest BCUT2D eigenvalue weighted by Gasteiger charge is 2.33. The van der Waals surface area contributed by atoms with E-state index in [0.29, 0.717) is 12.3 Å². The fraction of sp³-hybridized carbons (Fsp3) is 0.562. The van der Waals surface area contributed by atoms with E-state index in [2.05, 4.69) is 13.8 Å². The largest absolute Gasteiger partial charge is 0.335 e. The molecule has 1 aromatic rings. The van der Waals surface area contributed by atoms with Crippen LogP contribution in [0.1, 0.15) is 31.2 Å². The topological polar surface area (TPSA) is 67.9 Å². The van der Waals surface area contributed by atoms with Crippen LogP contribution in [-0.2, 0) is 4.79 Å². The molecule has 6 nitrogen and oxygen atoms in total. The van der Waals surface area contributed by atoms with Crippen LogP contribution in [0.25, 0.3) is 0 Å². The maximum absolute atomic E-state index is 12.2. The van der Waals surface area contributed by atoms with E-state index in [4.69, 9.17) is 0 Å². The average molecular weight is 338 g/mol. The Labute approximate surface area is 141 Å². The molecule has 1 fully saturated rings. The van der Waals surface area contributed by atoms with Crippen LogP contribution in [0.5, 0.6) is 0 Å². The number of thioether (sulfide) groups is 1. The quantitative estimate of drug-likeness (QED) is 0.576. The number of nitro benzene ring substituents is 1. The molecule has 1 aliphatic rings. The first-order chi connectivity index (χ1) is 11.1. The summed E-state index contributed by atoms with van der Waals surface area (Å²) >= 11 is 1.55. The Kier molecular flexibility index (Phi) is 6.41. The van der Waals surface area contributed by atoms with Gasteiger partial charge in [0.25, 0.3) is 5.69 Å². The summed E-state index contributed by atoms with van der Waals surface area (Å²) in [4.78, 5) is 26.1. The number of amides is 1. The van der Waals surface area contributed by atoms with Gasteiger partial charge in [0.2, 0.25) is 5.91 Å². The van der Waals surface area contributed by atoms with Crippen molar-refractivity contribution < 1.29 is 14.6 Å². The average Bonchev–Trinajstić information content (AvgIpc) is 2.92. The molecule has 0 aliphatic carbocycles. The van der Waals surface area contributed by atoms with E-state index in [1.54, 1.807) is 23.9 Å². The zero-order valence-corrected chi connectivity index (χ0v) is 14.5. The van der Waals surface area contributed by atoms with Crippen LogP contribution in [0.3, 0.4) is 0 Å². The molecule has 1 aliphatic heterocycles. The number of nitrogens with one attached hydrogen (secondary N) is 1. The third-order valence-corrected chi connectivity index (χ3v) is 5.52. The molecular weight excluding hydrogens is 314 g/mol. The van der Waals surface area contributed by atoms with Crippen molar-refractivity contribution in [3.05, 3.63) is 39.9 Å². The molecule has 0 radical (unpaired) electrons. The van der Waals surface area contributed by atoms with Crippen LogP contribution in [-0.4, -0.2) is 47.7 Å². The van der Waals surface area contributed by atoms with Gasteiger partial charge in [-0.1, -0.05) is 12.1 Å². The van der Waals surface area contributed by atoms with Crippen LogP contribution in [0.15, 0.2) is 24.3 Å². The molecule has 126 valence electrons. The molecule has 0 unspecified atom stereocenters. The molecular formula is C16H24N3O3S+. The Hall–Kier alpha value is -1.60. The summed E-state index contributed by atoms with van der Waals surface area (Å²) in [7, 11) is 0. The minimum absolute atomic E-state index is 0.0787. The van der Waals surface area contributed by atoms with E-state index >= 15 is 0 Å². The molecule has 1 aromatic carbocycles. The first-order valence-electron chi connectivity index (χ1n) is 8.05. The molecule has 1 heterocycles. The smallest absolute Gasteiger partial charge is 0.269 e. The lowest BCUT2D eigenvalue weighted by atomic mass is 10.2. The number of nitrogens with zero attached hydrogens (tertiary/aromatic N) is 2. The number of quaternary nitrogens is 1. The molecule has 0 aromatic heterocycles. The lowest BCUT2D eigenvalue weighted by molar-refractivity contribution is -0.896. The summed E-state index contributed by atoms with van der Waals surface area (Å²) in [6.45, 7) is 8.27. The molecule has 2 rings (SSSR count). The monoisotopic (exact) mass is 338 g/mol. The molecule has 7 heteroatoms. The summed E-state index contributed by atoms with van der Waals surface area (Å²) in [5.74, 6) is 0.576. The van der Waals surface area contributed by atoms with Gasteiger partial charge in [0, 0.05) is 25.1 Å². The molecule has 1 amide bonds. The maximum atomic E-state index is 12.2. The number of nitro groups is 1. The van der Waals surface area contributed by atoms with Gasteiger partial charge < -0.3 is 9.80 Å². The SMILES string of the molecule is CC[NH+](CC)CCCN1C(=O)CS[C@@H]1c1cccc([N+](=O)[O-])c1. The van der Waals surface area contributed by atoms with E-state index in [1.807, 2.05) is 11.0 Å². The predicted molar refractivity (Wildman–Crippen MR) is 91.5 cm³/mol. The Morgan fingerprint density at radius 3 is 2.78 bits per heavy atom. The number of hydrogen-bond donors (Lipinski definition) is 1. The van der Waals surface area contributed by atoms with E-state index in [-0.39, 0.29) is 21.9 Å². The number of non-ortho nitro benzene ring substituents is 1. The van der Waals surface area contributed by atoms with Crippen molar-refractivity contribution in [2.45, 2.75) is 25.6 Å². The van der Waals surface area contributed by atoms with Crippen molar-refractivity contribution in [2.24, 2.45) is 0 Å². The Morgan fingerprint density at radius 2 is 2.13 bits per heavy atom. The van der Waals surface area contributed by atoms with Crippen LogP contribution in [0.4, 0.5) is 5.69 Å². The first kappa shape index (κ1) is 17.7. The fourth-order valence-corrected chi connectivity index (χ4v) is 4.08. The minimum Gasteiger partial charge on any atom is -0.335 e. The number of benzene rings is 1. The van der Waals surface area contributed by atoms with Crippen molar-refractivity contribution in [3.8, 4) is 0 Å². The van der Waals surface area contributed by atoms with Crippen molar-refractivity contribution in [2.75, 3.05) is 31.9 Å². The maximum Gasteiger partial charge on any atom is 0.269 e. The lowest BCUT2D eigenvalue weighted by Crippen LogP contribution is -3.11. The third-order valence-electron chi connectivity index (χ3n) is 4.26. The zero-order valence-electron chi connectivity index (χ0n) is 13.7. The van der Waals surface area contributed by atoms with Gasteiger partial charge in [0.15, 0.2) is 0 Å². The van der Waals surface area contributed by atoms with Gasteiger partial charge in [0.05, 0.1) is 30.3 Å². The van der Waals surface area contributed by atoms with Gasteiger partial charge in [-0.15, -0.1) is 11.8 Å². The lowest BCUT2D eigenvalue weighted by Gasteiger charge is -2.25. The van der Waals surface area contributed by atoms with E-state index in [9.17, 15) is 14.9 Å². The summed E-state index contributed by atoms with van der Waals surface area (Å²) in [5, 5.41) is 10.8. The summed E-state index contributed by atoms with van der Waals surface area (Å²) in [6, 6.07) is 6.62. The standard InChI is InChI=1S/C16H23N3O3S/c1-3-17(4-2)9-6-10-18-15(20)12-23-16(18)13-7-5-8-14(11-13)19(21)22/h5,7-8,11,16H,3-4,6,9-10,12H2,1-2H3/p+1/t16-/m1/s1. The second-order valence-corrected chi connectivity index (χ2v) is 6.73. The Balaban J connectivity index is 2.04. The molecule has 0 bridgehead atoms. The normalized spacial score (nSPS) is 18.0. The number of rotatable bonds is 8. The molecule has 23 heavy (non-hydrogen) atoms. The molecule has 1 atom stereocenters. The van der Waals surface area contributed by atoms with Crippen LogP contribution in [0, 0.1) is 10.1 Å². The van der Waals surface area contributed by atoms with Gasteiger partial charge in [-0.25, -0.2) is 0 Å². The Morgan fingerprint density at radius 1 is 1.39 bits per heavy atom. The molecule has 1 saturated heterocycles. The van der Waals surface area contributed by atoms with Gasteiger partial charge >= 0.3 is 0 Å². The molecule has 1 N–H and O–H groups in total. The van der Waals surface area contributed by atoms with Crippen LogP contribution < -0.4 is 4.90 Å². The highest BCUT2D eigenvalue weighted by molar-refractivity contribution is 8.00. The highest BCUT2D eigenvalue weighted by Crippen LogP contribution is 2.39. The minimum atomic E-state index is -0.390. The van der Waals surface area contributed by atoms with E-state index < -0.39 is 0 Å². The predicted octanol–water partition coefficient (Wildman–Crippen LogP) is 1.48. The van der Waals surface area contributed by atoms with Crippen LogP contribution >= 0.6 is 11.8 Å². The summed E-state index contributed by atoms with van der Waals surface area (Å²) in [5.41, 5.74) is 0.917. The summed E-state index contributed by atoms with van der Waals surface area (Å²) < 4.78 is 0. The van der Waals surface area contributed by atoms with Crippen LogP contribution in [0.2, 0.25) is 0 Å². The van der Waals surface area contributed by atoms with Gasteiger partial charge in [0.1, 0.15) is 5.37 Å². The summed E-state index contributed by atoms with van der Waals surface area (Å²) in [6.07, 6.45) is 0.953. The first-order valence-corrected chi connectivity index (χ1v) is 9.10. The number of carbonyl (C=O) groups is 1. The highest BCUT2D eigenvalue weighted by atomic mass is 32.2. The van der Waals surface area contributed by atoms with E-state index in [1.165, 1.54) is 11.0 Å². The number of hydrogen-bond acceptors (Lipinski definition) is 4. The zero-order chi connectivity index (χ0) is 16.8. The fourth-order valence-electron chi connectivity index (χ4n) is 2.87. The van der Waals surface area contributed by atoms with Gasteiger partial charge in [-0.3, -0.25) is 14.9 Å². The second kappa shape index (κ2) is 8.31. The number of carbonyl (C=O) groups excluding carboxylic acids is 1. The van der Waals surface area contributed by atoms with Crippen molar-refractivity contribution in [1.29, 1.82) is 0 Å². The van der Waals surface area contributed by atoms with Crippen molar-refractivity contribution >= 4 is 23.4 Å². The molecule has 0 saturated carbocycles. The van der Waals surface area contributed by atoms with Crippen molar-refractivity contribution in [3.63, 3.8) is 0 Å². The van der Waals surface area contributed by atoms with Gasteiger partial charge in [-0.2, -0.15) is 0 Å². The molecule has 0 spiro atoms. The second-order valence-electron chi connectivity index (χ2n) is 5.66. The van der Waals surface area contributed by atoms with E-state index in [0.717, 1.165) is 31.6 Å². The Bertz CT molecular complexity index is 563. The van der Waals surface area contributed by atoms with Crippen molar-refractivity contribution in [1.82, 2.24) is 4.90 Å². The van der Waals surface area contributed by atoms with Gasteiger partial charge in [-0.05, 0) is 19.4 Å².